The molecule has 4 aliphatic rings. The zero-order valence-electron chi connectivity index (χ0n) is 19.1. The molecule has 3 amide bonds. The molecule has 1 N–H and O–H groups in total. The number of hydrogen-bond donors (Lipinski definition) is 1. The first-order valence-electron chi connectivity index (χ1n) is 11.8. The summed E-state index contributed by atoms with van der Waals surface area (Å²) in [6.07, 6.45) is 0.546. The lowest BCUT2D eigenvalue weighted by Crippen LogP contribution is -2.72. The maximum atomic E-state index is 13.0. The summed E-state index contributed by atoms with van der Waals surface area (Å²) < 4.78 is 1.07. The minimum absolute atomic E-state index is 0.0404. The number of rotatable bonds is 5. The molecule has 0 aromatic heterocycles. The predicted octanol–water partition coefficient (Wildman–Crippen LogP) is 2.21. The molecule has 4 heterocycles. The lowest BCUT2D eigenvalue weighted by atomic mass is 9.72. The van der Waals surface area contributed by atoms with Crippen molar-refractivity contribution in [1.29, 1.82) is 0 Å². The molecule has 0 bridgehead atoms. The lowest BCUT2D eigenvalue weighted by molar-refractivity contribution is -0.136. The molecule has 1 atom stereocenters. The smallest absolute Gasteiger partial charge is 0.255 e. The highest BCUT2D eigenvalue weighted by atomic mass is 79.9. The lowest BCUT2D eigenvalue weighted by Gasteiger charge is -2.61. The van der Waals surface area contributed by atoms with Crippen molar-refractivity contribution < 1.29 is 19.2 Å². The number of nitrogens with zero attached hydrogens (tertiary/aromatic N) is 3. The van der Waals surface area contributed by atoms with Gasteiger partial charge in [-0.1, -0.05) is 22.0 Å². The molecule has 1 unspecified atom stereocenters. The van der Waals surface area contributed by atoms with E-state index in [9.17, 15) is 19.2 Å². The number of likely N-dealkylation sites (tertiary alicyclic amines) is 1. The fourth-order valence-corrected chi connectivity index (χ4v) is 6.12. The number of anilines is 1. The van der Waals surface area contributed by atoms with Crippen LogP contribution in [0.15, 0.2) is 46.9 Å². The fourth-order valence-electron chi connectivity index (χ4n) is 5.85. The van der Waals surface area contributed by atoms with E-state index in [2.05, 4.69) is 55.3 Å². The molecule has 6 rings (SSSR count). The number of halogens is 1. The van der Waals surface area contributed by atoms with E-state index in [1.54, 1.807) is 18.2 Å². The third kappa shape index (κ3) is 3.96. The summed E-state index contributed by atoms with van der Waals surface area (Å²) >= 11 is 3.47. The van der Waals surface area contributed by atoms with E-state index >= 15 is 0 Å². The van der Waals surface area contributed by atoms with Crippen LogP contribution in [0, 0.1) is 5.41 Å². The molecule has 0 aliphatic carbocycles. The van der Waals surface area contributed by atoms with Gasteiger partial charge in [0.05, 0.1) is 6.54 Å². The van der Waals surface area contributed by atoms with E-state index < -0.39 is 11.9 Å². The molecular weight excluding hydrogens is 512 g/mol. The third-order valence-electron chi connectivity index (χ3n) is 7.58. The second kappa shape index (κ2) is 8.27. The maximum absolute atomic E-state index is 13.0. The Balaban J connectivity index is 1.04. The average molecular weight is 537 g/mol. The first kappa shape index (κ1) is 22.4. The van der Waals surface area contributed by atoms with E-state index in [1.165, 1.54) is 10.6 Å². The number of piperidine rings is 1. The first-order chi connectivity index (χ1) is 16.8. The molecule has 180 valence electrons. The number of ketones is 1. The summed E-state index contributed by atoms with van der Waals surface area (Å²) in [7, 11) is 0. The highest BCUT2D eigenvalue weighted by Crippen LogP contribution is 2.42. The fraction of sp³-hybridized carbons (Fsp3) is 0.385. The summed E-state index contributed by atoms with van der Waals surface area (Å²) in [6, 6.07) is 12.9. The van der Waals surface area contributed by atoms with Crippen molar-refractivity contribution in [3.05, 3.63) is 63.6 Å². The Hall–Kier alpha value is -3.04. The number of benzene rings is 2. The topological polar surface area (TPSA) is 90.0 Å². The zero-order valence-corrected chi connectivity index (χ0v) is 20.7. The van der Waals surface area contributed by atoms with Crippen molar-refractivity contribution in [2.75, 3.05) is 37.6 Å². The van der Waals surface area contributed by atoms with Gasteiger partial charge in [0.15, 0.2) is 5.78 Å². The molecule has 2 aromatic rings. The second-order valence-electron chi connectivity index (χ2n) is 10.2. The van der Waals surface area contributed by atoms with Gasteiger partial charge in [-0.3, -0.25) is 29.4 Å². The van der Waals surface area contributed by atoms with Crippen LogP contribution in [0.1, 0.15) is 39.1 Å². The van der Waals surface area contributed by atoms with Gasteiger partial charge in [0.25, 0.3) is 5.91 Å². The van der Waals surface area contributed by atoms with Crippen molar-refractivity contribution in [2.24, 2.45) is 5.41 Å². The van der Waals surface area contributed by atoms with Crippen LogP contribution in [0.25, 0.3) is 0 Å². The van der Waals surface area contributed by atoms with Gasteiger partial charge >= 0.3 is 0 Å². The van der Waals surface area contributed by atoms with Gasteiger partial charge < -0.3 is 9.80 Å². The summed E-state index contributed by atoms with van der Waals surface area (Å²) in [5.74, 6) is -0.920. The number of nitrogens with one attached hydrogen (secondary N) is 1. The third-order valence-corrected chi connectivity index (χ3v) is 8.10. The van der Waals surface area contributed by atoms with Crippen LogP contribution in [0.5, 0.6) is 0 Å². The summed E-state index contributed by atoms with van der Waals surface area (Å²) in [5.41, 5.74) is 3.38. The largest absolute Gasteiger partial charge is 0.370 e. The Bertz CT molecular complexity index is 1250. The second-order valence-corrected chi connectivity index (χ2v) is 11.1. The Morgan fingerprint density at radius 1 is 1.03 bits per heavy atom. The quantitative estimate of drug-likeness (QED) is 0.465. The van der Waals surface area contributed by atoms with Crippen molar-refractivity contribution in [2.45, 2.75) is 25.4 Å². The maximum Gasteiger partial charge on any atom is 0.255 e. The SMILES string of the molecule is O=C1CCC(N2Cc3cc(C(=O)CN4CC5(C4)CN(c4ccc(Br)cc4)C5)ccc3C2=O)C(=O)N1. The van der Waals surface area contributed by atoms with E-state index in [-0.39, 0.29) is 36.0 Å². The molecule has 2 aromatic carbocycles. The minimum Gasteiger partial charge on any atom is -0.370 e. The van der Waals surface area contributed by atoms with E-state index in [1.807, 2.05) is 0 Å². The van der Waals surface area contributed by atoms with E-state index in [0.717, 1.165) is 36.2 Å². The van der Waals surface area contributed by atoms with Crippen molar-refractivity contribution in [3.8, 4) is 0 Å². The van der Waals surface area contributed by atoms with Crippen molar-refractivity contribution in [3.63, 3.8) is 0 Å². The van der Waals surface area contributed by atoms with Crippen LogP contribution < -0.4 is 10.2 Å². The van der Waals surface area contributed by atoms with Crippen molar-refractivity contribution >= 4 is 45.1 Å². The normalized spacial score (nSPS) is 23.1. The Morgan fingerprint density at radius 2 is 1.77 bits per heavy atom. The number of carbonyl (C=O) groups is 4. The molecule has 0 radical (unpaired) electrons. The number of fused-ring (bicyclic) bond motifs is 1. The van der Waals surface area contributed by atoms with Gasteiger partial charge in [0, 0.05) is 65.8 Å². The van der Waals surface area contributed by atoms with Crippen LogP contribution in [-0.4, -0.2) is 72.1 Å². The van der Waals surface area contributed by atoms with Crippen LogP contribution >= 0.6 is 15.9 Å². The Morgan fingerprint density at radius 3 is 2.49 bits per heavy atom. The standard InChI is InChI=1S/C26H25BrN4O4/c27-18-2-4-19(5-3-18)30-14-26(15-30)12-29(13-26)11-22(32)16-1-6-20-17(9-16)10-31(25(20)35)21-7-8-23(33)28-24(21)34/h1-6,9,21H,7-8,10-15H2,(H,28,33,34). The van der Waals surface area contributed by atoms with Crippen LogP contribution in [0.2, 0.25) is 0 Å². The number of hydrogen-bond acceptors (Lipinski definition) is 6. The summed E-state index contributed by atoms with van der Waals surface area (Å²) in [4.78, 5) is 55.6. The van der Waals surface area contributed by atoms with Gasteiger partial charge in [0.1, 0.15) is 6.04 Å². The highest BCUT2D eigenvalue weighted by Gasteiger charge is 2.51. The predicted molar refractivity (Wildman–Crippen MR) is 132 cm³/mol. The molecule has 3 fully saturated rings. The molecular formula is C26H25BrN4O4. The van der Waals surface area contributed by atoms with Crippen LogP contribution in [-0.2, 0) is 16.1 Å². The summed E-state index contributed by atoms with van der Waals surface area (Å²) in [6.45, 7) is 4.49. The monoisotopic (exact) mass is 536 g/mol. The van der Waals surface area contributed by atoms with Crippen LogP contribution in [0.3, 0.4) is 0 Å². The number of carbonyl (C=O) groups excluding carboxylic acids is 4. The molecule has 4 aliphatic heterocycles. The highest BCUT2D eigenvalue weighted by molar-refractivity contribution is 9.10. The van der Waals surface area contributed by atoms with E-state index in [4.69, 9.17) is 0 Å². The van der Waals surface area contributed by atoms with Crippen LogP contribution in [0.4, 0.5) is 5.69 Å². The van der Waals surface area contributed by atoms with Crippen molar-refractivity contribution in [1.82, 2.24) is 15.1 Å². The summed E-state index contributed by atoms with van der Waals surface area (Å²) in [5, 5.41) is 2.31. The first-order valence-corrected chi connectivity index (χ1v) is 12.6. The molecule has 9 heteroatoms. The minimum atomic E-state index is -0.650. The van der Waals surface area contributed by atoms with E-state index in [0.29, 0.717) is 24.1 Å². The average Bonchev–Trinajstić information content (AvgIpc) is 3.10. The molecule has 35 heavy (non-hydrogen) atoms. The molecule has 1 spiro atoms. The van der Waals surface area contributed by atoms with Gasteiger partial charge in [-0.2, -0.15) is 0 Å². The number of imide groups is 1. The van der Waals surface area contributed by atoms with Gasteiger partial charge in [-0.25, -0.2) is 0 Å². The Kier molecular flexibility index (Phi) is 5.30. The number of Topliss-reactive ketones (excluding diaryl/α,β-unsaturated/α-hetero) is 1. The Labute approximate surface area is 211 Å². The van der Waals surface area contributed by atoms with Gasteiger partial charge in [-0.05, 0) is 48.4 Å². The molecule has 0 saturated carbocycles. The molecule has 8 nitrogen and oxygen atoms in total. The van der Waals surface area contributed by atoms with Gasteiger partial charge in [0.2, 0.25) is 11.8 Å². The van der Waals surface area contributed by atoms with Gasteiger partial charge in [-0.15, -0.1) is 0 Å². The molecule has 3 saturated heterocycles. The zero-order chi connectivity index (χ0) is 24.3. The number of amides is 3.